The Morgan fingerprint density at radius 1 is 1.10 bits per heavy atom. The van der Waals surface area contributed by atoms with E-state index in [0.717, 1.165) is 18.8 Å². The zero-order valence-electron chi connectivity index (χ0n) is 16.5. The van der Waals surface area contributed by atoms with Crippen LogP contribution in [0.15, 0.2) is 42.5 Å². The monoisotopic (exact) mass is 401 g/mol. The second kappa shape index (κ2) is 10.1. The molecule has 0 fully saturated rings. The number of nitro groups is 1. The van der Waals surface area contributed by atoms with Gasteiger partial charge in [-0.3, -0.25) is 14.9 Å². The summed E-state index contributed by atoms with van der Waals surface area (Å²) in [5, 5.41) is 13.3. The first-order valence-electron chi connectivity index (χ1n) is 9.04. The van der Waals surface area contributed by atoms with Gasteiger partial charge in [-0.25, -0.2) is 4.79 Å². The number of carbonyl (C=O) groups is 2. The predicted molar refractivity (Wildman–Crippen MR) is 109 cm³/mol. The summed E-state index contributed by atoms with van der Waals surface area (Å²) >= 11 is 0. The van der Waals surface area contributed by atoms with Gasteiger partial charge in [0.25, 0.3) is 11.6 Å². The standard InChI is InChI=1S/C20H23N3O6/c1-4-22(5-2)15-8-6-14(7-9-15)20(25)29-13-19(24)21-17-12-16(23(26)27)10-11-18(17)28-3/h6-12H,4-5,13H2,1-3H3,(H,21,24). The highest BCUT2D eigenvalue weighted by atomic mass is 16.6. The van der Waals surface area contributed by atoms with Crippen LogP contribution in [0.1, 0.15) is 24.2 Å². The summed E-state index contributed by atoms with van der Waals surface area (Å²) in [7, 11) is 1.37. The van der Waals surface area contributed by atoms with Crippen LogP contribution in [-0.4, -0.2) is 43.6 Å². The first-order valence-corrected chi connectivity index (χ1v) is 9.04. The van der Waals surface area contributed by atoms with E-state index in [-0.39, 0.29) is 17.1 Å². The Kier molecular flexibility index (Phi) is 7.53. The first-order chi connectivity index (χ1) is 13.9. The van der Waals surface area contributed by atoms with Crippen LogP contribution in [0.5, 0.6) is 5.75 Å². The van der Waals surface area contributed by atoms with Crippen molar-refractivity contribution in [3.8, 4) is 5.75 Å². The van der Waals surface area contributed by atoms with E-state index >= 15 is 0 Å². The molecule has 0 heterocycles. The minimum atomic E-state index is -0.642. The molecular formula is C20H23N3O6. The molecule has 0 radical (unpaired) electrons. The minimum absolute atomic E-state index is 0.117. The van der Waals surface area contributed by atoms with Gasteiger partial charge in [-0.2, -0.15) is 0 Å². The topological polar surface area (TPSA) is 111 Å². The number of methoxy groups -OCH3 is 1. The van der Waals surface area contributed by atoms with Gasteiger partial charge < -0.3 is 19.7 Å². The lowest BCUT2D eigenvalue weighted by Gasteiger charge is -2.20. The first kappa shape index (κ1) is 21.7. The lowest BCUT2D eigenvalue weighted by atomic mass is 10.2. The van der Waals surface area contributed by atoms with E-state index in [9.17, 15) is 19.7 Å². The quantitative estimate of drug-likeness (QED) is 0.390. The molecule has 0 saturated carbocycles. The highest BCUT2D eigenvalue weighted by Gasteiger charge is 2.15. The Labute approximate surface area is 168 Å². The number of nitrogens with zero attached hydrogens (tertiary/aromatic N) is 2. The summed E-state index contributed by atoms with van der Waals surface area (Å²) in [4.78, 5) is 36.7. The van der Waals surface area contributed by atoms with Gasteiger partial charge in [0.1, 0.15) is 5.75 Å². The largest absolute Gasteiger partial charge is 0.495 e. The van der Waals surface area contributed by atoms with Crippen LogP contribution in [0, 0.1) is 10.1 Å². The van der Waals surface area contributed by atoms with Crippen molar-refractivity contribution in [2.75, 3.05) is 37.0 Å². The summed E-state index contributed by atoms with van der Waals surface area (Å²) in [5.41, 5.74) is 1.22. The highest BCUT2D eigenvalue weighted by Crippen LogP contribution is 2.28. The zero-order chi connectivity index (χ0) is 21.4. The van der Waals surface area contributed by atoms with Crippen LogP contribution in [0.4, 0.5) is 17.1 Å². The van der Waals surface area contributed by atoms with Gasteiger partial charge in [0.2, 0.25) is 0 Å². The van der Waals surface area contributed by atoms with E-state index in [4.69, 9.17) is 9.47 Å². The third-order valence-corrected chi connectivity index (χ3v) is 4.23. The van der Waals surface area contributed by atoms with Crippen molar-refractivity contribution in [3.63, 3.8) is 0 Å². The molecule has 2 aromatic carbocycles. The normalized spacial score (nSPS) is 10.2. The molecule has 0 aliphatic rings. The predicted octanol–water partition coefficient (Wildman–Crippen LogP) is 3.25. The molecule has 154 valence electrons. The summed E-state index contributed by atoms with van der Waals surface area (Å²) in [6.45, 7) is 5.24. The van der Waals surface area contributed by atoms with Crippen molar-refractivity contribution in [2.45, 2.75) is 13.8 Å². The fourth-order valence-electron chi connectivity index (χ4n) is 2.71. The maximum Gasteiger partial charge on any atom is 0.338 e. The minimum Gasteiger partial charge on any atom is -0.495 e. The SMILES string of the molecule is CCN(CC)c1ccc(C(=O)OCC(=O)Nc2cc([N+](=O)[O-])ccc2OC)cc1. The van der Waals surface area contributed by atoms with E-state index < -0.39 is 23.4 Å². The molecule has 0 aliphatic carbocycles. The van der Waals surface area contributed by atoms with Crippen LogP contribution >= 0.6 is 0 Å². The summed E-state index contributed by atoms with van der Waals surface area (Å²) < 4.78 is 10.1. The number of hydrogen-bond acceptors (Lipinski definition) is 7. The molecular weight excluding hydrogens is 378 g/mol. The fraction of sp³-hybridized carbons (Fsp3) is 0.300. The van der Waals surface area contributed by atoms with Gasteiger partial charge >= 0.3 is 5.97 Å². The maximum absolute atomic E-state index is 12.2. The molecule has 0 atom stereocenters. The molecule has 2 aromatic rings. The molecule has 0 aliphatic heterocycles. The summed E-state index contributed by atoms with van der Waals surface area (Å²) in [5.74, 6) is -1.03. The third kappa shape index (κ3) is 5.68. The number of anilines is 2. The Morgan fingerprint density at radius 3 is 2.31 bits per heavy atom. The average molecular weight is 401 g/mol. The lowest BCUT2D eigenvalue weighted by Crippen LogP contribution is -2.22. The van der Waals surface area contributed by atoms with Crippen LogP contribution in [-0.2, 0) is 9.53 Å². The number of carbonyl (C=O) groups excluding carboxylic acids is 2. The van der Waals surface area contributed by atoms with Crippen molar-refractivity contribution in [1.29, 1.82) is 0 Å². The molecule has 2 rings (SSSR count). The summed E-state index contributed by atoms with van der Waals surface area (Å²) in [6, 6.07) is 10.7. The Hall–Kier alpha value is -3.62. The van der Waals surface area contributed by atoms with Crippen molar-refractivity contribution in [1.82, 2.24) is 0 Å². The van der Waals surface area contributed by atoms with E-state index in [1.807, 2.05) is 26.0 Å². The molecule has 9 nitrogen and oxygen atoms in total. The van der Waals surface area contributed by atoms with Crippen LogP contribution in [0.2, 0.25) is 0 Å². The summed E-state index contributed by atoms with van der Waals surface area (Å²) in [6.07, 6.45) is 0. The molecule has 0 spiro atoms. The van der Waals surface area contributed by atoms with Crippen LogP contribution < -0.4 is 15.0 Å². The number of esters is 1. The number of ether oxygens (including phenoxy) is 2. The van der Waals surface area contributed by atoms with E-state index in [2.05, 4.69) is 10.2 Å². The smallest absolute Gasteiger partial charge is 0.338 e. The molecule has 0 aromatic heterocycles. The Bertz CT molecular complexity index is 878. The van der Waals surface area contributed by atoms with Gasteiger partial charge in [0.05, 0.1) is 23.3 Å². The van der Waals surface area contributed by atoms with Gasteiger partial charge in [-0.05, 0) is 44.2 Å². The van der Waals surface area contributed by atoms with Crippen molar-refractivity contribution < 1.29 is 24.0 Å². The molecule has 0 bridgehead atoms. The molecule has 0 saturated heterocycles. The van der Waals surface area contributed by atoms with Crippen molar-refractivity contribution in [2.24, 2.45) is 0 Å². The van der Waals surface area contributed by atoms with Gasteiger partial charge in [-0.1, -0.05) is 0 Å². The maximum atomic E-state index is 12.2. The number of rotatable bonds is 9. The number of non-ortho nitro benzene ring substituents is 1. The fourth-order valence-corrected chi connectivity index (χ4v) is 2.71. The second-order valence-corrected chi connectivity index (χ2v) is 5.99. The van der Waals surface area contributed by atoms with Crippen molar-refractivity contribution in [3.05, 3.63) is 58.1 Å². The molecule has 29 heavy (non-hydrogen) atoms. The van der Waals surface area contributed by atoms with E-state index in [1.54, 1.807) is 12.1 Å². The number of nitro benzene ring substituents is 1. The van der Waals surface area contributed by atoms with E-state index in [0.29, 0.717) is 5.56 Å². The average Bonchev–Trinajstić information content (AvgIpc) is 2.73. The molecule has 1 amide bonds. The number of benzene rings is 2. The lowest BCUT2D eigenvalue weighted by molar-refractivity contribution is -0.384. The second-order valence-electron chi connectivity index (χ2n) is 5.99. The highest BCUT2D eigenvalue weighted by molar-refractivity contribution is 5.96. The van der Waals surface area contributed by atoms with E-state index in [1.165, 1.54) is 25.3 Å². The van der Waals surface area contributed by atoms with Gasteiger partial charge in [0, 0.05) is 30.9 Å². The Morgan fingerprint density at radius 2 is 1.76 bits per heavy atom. The number of hydrogen-bond donors (Lipinski definition) is 1. The van der Waals surface area contributed by atoms with Crippen molar-refractivity contribution >= 4 is 28.9 Å². The molecule has 1 N–H and O–H groups in total. The van der Waals surface area contributed by atoms with Gasteiger partial charge in [0.15, 0.2) is 6.61 Å². The van der Waals surface area contributed by atoms with Crippen LogP contribution in [0.3, 0.4) is 0 Å². The van der Waals surface area contributed by atoms with Crippen LogP contribution in [0.25, 0.3) is 0 Å². The number of amides is 1. The van der Waals surface area contributed by atoms with Gasteiger partial charge in [-0.15, -0.1) is 0 Å². The Balaban J connectivity index is 1.98. The zero-order valence-corrected chi connectivity index (χ0v) is 16.5. The third-order valence-electron chi connectivity index (χ3n) is 4.23. The molecule has 9 heteroatoms. The number of nitrogens with one attached hydrogen (secondary N) is 1. The molecule has 0 unspecified atom stereocenters.